The maximum atomic E-state index is 13.4. The minimum atomic E-state index is -0.0826. The van der Waals surface area contributed by atoms with Crippen molar-refractivity contribution < 1.29 is 14.0 Å². The molecule has 1 saturated heterocycles. The molecular weight excluding hydrogens is 382 g/mol. The second-order valence-corrected chi connectivity index (χ2v) is 7.32. The predicted octanol–water partition coefficient (Wildman–Crippen LogP) is 1.94. The Kier molecular flexibility index (Phi) is 5.67. The molecule has 156 valence electrons. The van der Waals surface area contributed by atoms with Crippen LogP contribution in [0.15, 0.2) is 53.1 Å². The lowest BCUT2D eigenvalue weighted by molar-refractivity contribution is -0.122. The molecule has 0 atom stereocenters. The molecule has 0 spiro atoms. The lowest BCUT2D eigenvalue weighted by atomic mass is 10.1. The monoisotopic (exact) mass is 407 g/mol. The molecule has 3 heterocycles. The first-order valence-electron chi connectivity index (χ1n) is 9.99. The quantitative estimate of drug-likeness (QED) is 0.699. The number of para-hydroxylation sites is 1. The third kappa shape index (κ3) is 4.13. The van der Waals surface area contributed by atoms with Crippen molar-refractivity contribution in [3.05, 3.63) is 60.0 Å². The van der Waals surface area contributed by atoms with Gasteiger partial charge in [0.25, 0.3) is 5.91 Å². The van der Waals surface area contributed by atoms with Gasteiger partial charge in [0.2, 0.25) is 5.91 Å². The number of carbonyl (C=O) groups excluding carboxylic acids is 2. The van der Waals surface area contributed by atoms with Crippen LogP contribution in [0.4, 0.5) is 0 Å². The fraction of sp³-hybridized carbons (Fsp3) is 0.318. The summed E-state index contributed by atoms with van der Waals surface area (Å²) < 4.78 is 7.48. The predicted molar refractivity (Wildman–Crippen MR) is 112 cm³/mol. The van der Waals surface area contributed by atoms with Gasteiger partial charge in [-0.2, -0.15) is 5.10 Å². The second-order valence-electron chi connectivity index (χ2n) is 7.32. The Labute approximate surface area is 175 Å². The fourth-order valence-corrected chi connectivity index (χ4v) is 3.55. The molecule has 0 saturated carbocycles. The van der Waals surface area contributed by atoms with E-state index >= 15 is 0 Å². The van der Waals surface area contributed by atoms with Crippen LogP contribution in [0.1, 0.15) is 16.1 Å². The number of nitrogens with zero attached hydrogens (tertiary/aromatic N) is 4. The van der Waals surface area contributed by atoms with Crippen LogP contribution >= 0.6 is 0 Å². The first-order chi connectivity index (χ1) is 14.5. The highest BCUT2D eigenvalue weighted by atomic mass is 16.3. The van der Waals surface area contributed by atoms with Gasteiger partial charge in [0.05, 0.1) is 17.8 Å². The van der Waals surface area contributed by atoms with E-state index < -0.39 is 0 Å². The van der Waals surface area contributed by atoms with Crippen molar-refractivity contribution in [3.63, 3.8) is 0 Å². The highest BCUT2D eigenvalue weighted by molar-refractivity contribution is 5.99. The molecule has 1 N–H and O–H groups in total. The molecule has 0 bridgehead atoms. The molecule has 8 nitrogen and oxygen atoms in total. The average molecular weight is 407 g/mol. The van der Waals surface area contributed by atoms with E-state index in [0.717, 1.165) is 11.4 Å². The summed E-state index contributed by atoms with van der Waals surface area (Å²) in [6, 6.07) is 13.4. The van der Waals surface area contributed by atoms with Gasteiger partial charge in [-0.1, -0.05) is 18.2 Å². The molecular formula is C22H25N5O3. The summed E-state index contributed by atoms with van der Waals surface area (Å²) in [5.41, 5.74) is 1.91. The first kappa shape index (κ1) is 19.9. The number of carbonyl (C=O) groups is 2. The summed E-state index contributed by atoms with van der Waals surface area (Å²) in [4.78, 5) is 28.8. The molecule has 4 rings (SSSR count). The maximum Gasteiger partial charge on any atom is 0.257 e. The second kappa shape index (κ2) is 8.54. The molecule has 0 radical (unpaired) electrons. The minimum Gasteiger partial charge on any atom is -0.460 e. The fourth-order valence-electron chi connectivity index (χ4n) is 3.55. The zero-order chi connectivity index (χ0) is 21.1. The van der Waals surface area contributed by atoms with Crippen molar-refractivity contribution in [2.75, 3.05) is 39.8 Å². The number of aromatic nitrogens is 2. The van der Waals surface area contributed by atoms with E-state index in [1.807, 2.05) is 59.2 Å². The summed E-state index contributed by atoms with van der Waals surface area (Å²) >= 11 is 0. The first-order valence-corrected chi connectivity index (χ1v) is 9.99. The lowest BCUT2D eigenvalue weighted by Gasteiger charge is -2.34. The van der Waals surface area contributed by atoms with Crippen molar-refractivity contribution in [2.45, 2.75) is 6.92 Å². The van der Waals surface area contributed by atoms with E-state index in [-0.39, 0.29) is 11.8 Å². The van der Waals surface area contributed by atoms with Gasteiger partial charge in [-0.15, -0.1) is 0 Å². The Morgan fingerprint density at radius 1 is 1.07 bits per heavy atom. The van der Waals surface area contributed by atoms with E-state index in [1.165, 1.54) is 0 Å². The molecule has 2 amide bonds. The Bertz CT molecular complexity index is 1030. The number of hydrogen-bond donors (Lipinski definition) is 1. The van der Waals surface area contributed by atoms with Crippen LogP contribution in [0.3, 0.4) is 0 Å². The average Bonchev–Trinajstić information content (AvgIpc) is 3.41. The van der Waals surface area contributed by atoms with E-state index in [0.29, 0.717) is 49.7 Å². The Morgan fingerprint density at radius 2 is 1.80 bits per heavy atom. The normalized spacial score (nSPS) is 14.7. The lowest BCUT2D eigenvalue weighted by Crippen LogP contribution is -2.50. The molecule has 8 heteroatoms. The zero-order valence-corrected chi connectivity index (χ0v) is 17.2. The number of amides is 2. The molecule has 1 aromatic carbocycles. The number of nitrogens with one attached hydrogen (secondary N) is 1. The Balaban J connectivity index is 1.59. The van der Waals surface area contributed by atoms with Gasteiger partial charge in [-0.05, 0) is 31.2 Å². The van der Waals surface area contributed by atoms with Crippen LogP contribution in [0.25, 0.3) is 17.1 Å². The van der Waals surface area contributed by atoms with E-state index in [9.17, 15) is 9.59 Å². The third-order valence-corrected chi connectivity index (χ3v) is 5.24. The number of likely N-dealkylation sites (N-methyl/N-ethyl adjacent to an activating group) is 1. The number of furan rings is 1. The maximum absolute atomic E-state index is 13.4. The standard InChI is InChI=1S/C22H25N5O3/c1-16-8-9-19(30-16)21-18(14-27(24-21)17-6-4-3-5-7-17)22(29)26-12-10-25(11-13-26)15-20(28)23-2/h3-9,14H,10-13,15H2,1-2H3,(H,23,28). The highest BCUT2D eigenvalue weighted by Crippen LogP contribution is 2.27. The number of piperazine rings is 1. The Hall–Kier alpha value is -3.39. The number of benzene rings is 1. The van der Waals surface area contributed by atoms with Crippen LogP contribution in [-0.2, 0) is 4.79 Å². The highest BCUT2D eigenvalue weighted by Gasteiger charge is 2.28. The molecule has 30 heavy (non-hydrogen) atoms. The summed E-state index contributed by atoms with van der Waals surface area (Å²) in [7, 11) is 1.63. The molecule has 0 unspecified atom stereocenters. The summed E-state index contributed by atoms with van der Waals surface area (Å²) in [5.74, 6) is 1.24. The van der Waals surface area contributed by atoms with Gasteiger partial charge in [0, 0.05) is 39.4 Å². The number of aryl methyl sites for hydroxylation is 1. The van der Waals surface area contributed by atoms with Crippen molar-refractivity contribution in [2.24, 2.45) is 0 Å². The van der Waals surface area contributed by atoms with Crippen molar-refractivity contribution >= 4 is 11.8 Å². The topological polar surface area (TPSA) is 83.6 Å². The third-order valence-electron chi connectivity index (χ3n) is 5.24. The van der Waals surface area contributed by atoms with Crippen molar-refractivity contribution in [3.8, 4) is 17.1 Å². The van der Waals surface area contributed by atoms with Gasteiger partial charge in [0.1, 0.15) is 11.5 Å². The van der Waals surface area contributed by atoms with Crippen LogP contribution in [0, 0.1) is 6.92 Å². The molecule has 1 fully saturated rings. The Morgan fingerprint density at radius 3 is 2.43 bits per heavy atom. The SMILES string of the molecule is CNC(=O)CN1CCN(C(=O)c2cn(-c3ccccc3)nc2-c2ccc(C)o2)CC1. The van der Waals surface area contributed by atoms with E-state index in [1.54, 1.807) is 17.9 Å². The smallest absolute Gasteiger partial charge is 0.257 e. The number of rotatable bonds is 5. The largest absolute Gasteiger partial charge is 0.460 e. The van der Waals surface area contributed by atoms with Gasteiger partial charge in [-0.25, -0.2) is 4.68 Å². The van der Waals surface area contributed by atoms with Crippen LogP contribution < -0.4 is 5.32 Å². The van der Waals surface area contributed by atoms with Crippen LogP contribution in [0.2, 0.25) is 0 Å². The molecule has 2 aromatic heterocycles. The van der Waals surface area contributed by atoms with Crippen LogP contribution in [-0.4, -0.2) is 71.2 Å². The van der Waals surface area contributed by atoms with E-state index in [2.05, 4.69) is 10.4 Å². The molecule has 1 aliphatic rings. The van der Waals surface area contributed by atoms with Crippen LogP contribution in [0.5, 0.6) is 0 Å². The van der Waals surface area contributed by atoms with Crippen molar-refractivity contribution in [1.82, 2.24) is 24.9 Å². The van der Waals surface area contributed by atoms with Gasteiger partial charge in [-0.3, -0.25) is 14.5 Å². The van der Waals surface area contributed by atoms with Gasteiger partial charge >= 0.3 is 0 Å². The van der Waals surface area contributed by atoms with Gasteiger partial charge in [0.15, 0.2) is 5.76 Å². The molecule has 0 aliphatic carbocycles. The zero-order valence-electron chi connectivity index (χ0n) is 17.2. The number of hydrogen-bond acceptors (Lipinski definition) is 5. The minimum absolute atomic E-state index is 0.0191. The summed E-state index contributed by atoms with van der Waals surface area (Å²) in [6.07, 6.45) is 1.77. The van der Waals surface area contributed by atoms with Crippen molar-refractivity contribution in [1.29, 1.82) is 0 Å². The summed E-state index contributed by atoms with van der Waals surface area (Å²) in [5, 5.41) is 7.29. The van der Waals surface area contributed by atoms with Gasteiger partial charge < -0.3 is 14.6 Å². The molecule has 1 aliphatic heterocycles. The molecule has 3 aromatic rings. The summed E-state index contributed by atoms with van der Waals surface area (Å²) in [6.45, 7) is 4.64. The van der Waals surface area contributed by atoms with E-state index in [4.69, 9.17) is 4.42 Å².